The predicted octanol–water partition coefficient (Wildman–Crippen LogP) is 1.55. The van der Waals surface area contributed by atoms with Crippen LogP contribution in [0.5, 0.6) is 0 Å². The Kier molecular flexibility index (Phi) is 6.44. The van der Waals surface area contributed by atoms with Crippen LogP contribution in [0.15, 0.2) is 36.8 Å². The zero-order chi connectivity index (χ0) is 23.7. The first-order valence-electron chi connectivity index (χ1n) is 11.1. The Morgan fingerprint density at radius 2 is 1.82 bits per heavy atom. The molecule has 2 aliphatic rings. The minimum atomic E-state index is -2.11. The number of anilines is 2. The van der Waals surface area contributed by atoms with Crippen molar-refractivity contribution in [3.63, 3.8) is 0 Å². The quantitative estimate of drug-likeness (QED) is 0.391. The lowest BCUT2D eigenvalue weighted by atomic mass is 9.99. The Balaban J connectivity index is 1.35. The Morgan fingerprint density at radius 1 is 1.06 bits per heavy atom. The van der Waals surface area contributed by atoms with E-state index in [0.717, 1.165) is 16.9 Å². The summed E-state index contributed by atoms with van der Waals surface area (Å²) in [4.78, 5) is 27.7. The Bertz CT molecular complexity index is 1190. The van der Waals surface area contributed by atoms with Gasteiger partial charge in [-0.3, -0.25) is 9.11 Å². The van der Waals surface area contributed by atoms with E-state index in [1.165, 1.54) is 6.07 Å². The highest BCUT2D eigenvalue weighted by atomic mass is 32.2. The maximum atomic E-state index is 14.6. The van der Waals surface area contributed by atoms with E-state index in [1.807, 2.05) is 22.1 Å². The molecular weight excluding hydrogens is 459 g/mol. The molecule has 0 saturated carbocycles. The molecule has 0 amide bonds. The van der Waals surface area contributed by atoms with Crippen LogP contribution < -0.4 is 9.80 Å². The summed E-state index contributed by atoms with van der Waals surface area (Å²) in [5.74, 6) is 1.02. The van der Waals surface area contributed by atoms with Crippen LogP contribution in [0.25, 0.3) is 11.6 Å². The van der Waals surface area contributed by atoms with Crippen LogP contribution >= 0.6 is 0 Å². The van der Waals surface area contributed by atoms with Crippen molar-refractivity contribution >= 4 is 22.6 Å². The fraction of sp³-hybridized carbons (Fsp3) is 0.409. The molecule has 10 nitrogen and oxygen atoms in total. The molecule has 34 heavy (non-hydrogen) atoms. The molecule has 3 aromatic rings. The monoisotopic (exact) mass is 483 g/mol. The summed E-state index contributed by atoms with van der Waals surface area (Å²) < 4.78 is 36.5. The van der Waals surface area contributed by atoms with Gasteiger partial charge in [-0.2, -0.15) is 4.39 Å². The Hall–Kier alpha value is -3.09. The van der Waals surface area contributed by atoms with E-state index >= 15 is 0 Å². The standard InChI is InChI=1S/C22H25FN8O2S/c1-15-17-13-26-22(21-24-4-2-5-25-21)27-18(17)3-6-31(15)16-11-19(23)28-20(12-16)30-9-7-29(8-10-30)14-34(32)33/h2,4-5,11-13,15H,3,6-10,14H2,1H3,(H,32,33)/p-1. The average Bonchev–Trinajstić information content (AvgIpc) is 2.84. The van der Waals surface area contributed by atoms with Crippen molar-refractivity contribution in [1.82, 2.24) is 29.8 Å². The lowest BCUT2D eigenvalue weighted by molar-refractivity contribution is 0.290. The smallest absolute Gasteiger partial charge is 0.216 e. The molecule has 1 saturated heterocycles. The summed E-state index contributed by atoms with van der Waals surface area (Å²) in [6, 6.07) is 5.06. The first kappa shape index (κ1) is 22.7. The highest BCUT2D eigenvalue weighted by Crippen LogP contribution is 2.34. The second-order valence-electron chi connectivity index (χ2n) is 8.33. The van der Waals surface area contributed by atoms with Gasteiger partial charge in [0.2, 0.25) is 5.95 Å². The van der Waals surface area contributed by atoms with Gasteiger partial charge in [0, 0.05) is 81.1 Å². The van der Waals surface area contributed by atoms with Crippen LogP contribution in [0.1, 0.15) is 24.2 Å². The summed E-state index contributed by atoms with van der Waals surface area (Å²) in [6.45, 7) is 5.07. The number of pyridine rings is 1. The molecule has 0 N–H and O–H groups in total. The molecule has 5 heterocycles. The van der Waals surface area contributed by atoms with E-state index in [-0.39, 0.29) is 11.9 Å². The number of aromatic nitrogens is 5. The number of fused-ring (bicyclic) bond motifs is 1. The van der Waals surface area contributed by atoms with Crippen molar-refractivity contribution in [1.29, 1.82) is 0 Å². The van der Waals surface area contributed by atoms with E-state index in [0.29, 0.717) is 56.6 Å². The summed E-state index contributed by atoms with van der Waals surface area (Å²) >= 11 is -2.11. The van der Waals surface area contributed by atoms with E-state index < -0.39 is 17.0 Å². The third-order valence-corrected chi connectivity index (χ3v) is 6.83. The summed E-state index contributed by atoms with van der Waals surface area (Å²) in [5, 5.41) is 0. The molecule has 2 aliphatic heterocycles. The van der Waals surface area contributed by atoms with Crippen LogP contribution in [0.2, 0.25) is 0 Å². The summed E-state index contributed by atoms with van der Waals surface area (Å²) in [7, 11) is 0. The zero-order valence-electron chi connectivity index (χ0n) is 18.7. The molecule has 5 rings (SSSR count). The number of nitrogens with zero attached hydrogens (tertiary/aromatic N) is 8. The zero-order valence-corrected chi connectivity index (χ0v) is 19.5. The summed E-state index contributed by atoms with van der Waals surface area (Å²) in [5.41, 5.74) is 2.69. The summed E-state index contributed by atoms with van der Waals surface area (Å²) in [6.07, 6.45) is 5.82. The third kappa shape index (κ3) is 4.74. The average molecular weight is 484 g/mol. The van der Waals surface area contributed by atoms with Gasteiger partial charge in [-0.05, 0) is 24.1 Å². The molecule has 0 radical (unpaired) electrons. The predicted molar refractivity (Wildman–Crippen MR) is 124 cm³/mol. The largest absolute Gasteiger partial charge is 0.771 e. The van der Waals surface area contributed by atoms with E-state index in [2.05, 4.69) is 31.8 Å². The van der Waals surface area contributed by atoms with Crippen LogP contribution in [0.3, 0.4) is 0 Å². The second kappa shape index (κ2) is 9.65. The topological polar surface area (TPSA) is 114 Å². The minimum absolute atomic E-state index is 0.0144. The fourth-order valence-electron chi connectivity index (χ4n) is 4.49. The van der Waals surface area contributed by atoms with E-state index in [4.69, 9.17) is 4.98 Å². The van der Waals surface area contributed by atoms with Gasteiger partial charge in [-0.25, -0.2) is 24.9 Å². The van der Waals surface area contributed by atoms with Crippen molar-refractivity contribution in [2.24, 2.45) is 0 Å². The number of halogens is 1. The van der Waals surface area contributed by atoms with Crippen molar-refractivity contribution in [2.75, 3.05) is 48.4 Å². The van der Waals surface area contributed by atoms with Crippen molar-refractivity contribution in [3.05, 3.63) is 54.0 Å². The SMILES string of the molecule is CC1c2cnc(-c3ncccn3)nc2CCN1c1cc(F)nc(N2CCN(CS(=O)[O-])CC2)c1. The van der Waals surface area contributed by atoms with Gasteiger partial charge in [0.1, 0.15) is 5.82 Å². The molecule has 178 valence electrons. The van der Waals surface area contributed by atoms with Crippen LogP contribution in [0, 0.1) is 5.95 Å². The molecule has 0 aliphatic carbocycles. The lowest BCUT2D eigenvalue weighted by Crippen LogP contribution is -2.47. The molecule has 12 heteroatoms. The van der Waals surface area contributed by atoms with Crippen LogP contribution in [-0.4, -0.2) is 77.2 Å². The van der Waals surface area contributed by atoms with Crippen molar-refractivity contribution in [2.45, 2.75) is 19.4 Å². The number of piperazine rings is 1. The van der Waals surface area contributed by atoms with Gasteiger partial charge in [0.25, 0.3) is 0 Å². The van der Waals surface area contributed by atoms with Gasteiger partial charge in [0.05, 0.1) is 17.6 Å². The maximum absolute atomic E-state index is 14.6. The van der Waals surface area contributed by atoms with Gasteiger partial charge in [-0.15, -0.1) is 0 Å². The maximum Gasteiger partial charge on any atom is 0.216 e. The molecule has 1 fully saturated rings. The molecule has 0 aromatic carbocycles. The molecule has 0 bridgehead atoms. The van der Waals surface area contributed by atoms with Gasteiger partial charge >= 0.3 is 0 Å². The number of hydrogen-bond acceptors (Lipinski definition) is 10. The van der Waals surface area contributed by atoms with Crippen LogP contribution in [-0.2, 0) is 17.5 Å². The van der Waals surface area contributed by atoms with E-state index in [1.54, 1.807) is 18.5 Å². The number of hydrogen-bond donors (Lipinski definition) is 0. The minimum Gasteiger partial charge on any atom is -0.771 e. The van der Waals surface area contributed by atoms with E-state index in [9.17, 15) is 13.2 Å². The first-order chi connectivity index (χ1) is 16.5. The van der Waals surface area contributed by atoms with Gasteiger partial charge in [-0.1, -0.05) is 0 Å². The van der Waals surface area contributed by atoms with Crippen molar-refractivity contribution < 1.29 is 13.2 Å². The van der Waals surface area contributed by atoms with Gasteiger partial charge in [0.15, 0.2) is 11.6 Å². The number of rotatable bonds is 5. The normalized spacial score (nSPS) is 19.7. The molecule has 0 spiro atoms. The molecule has 3 aromatic heterocycles. The van der Waals surface area contributed by atoms with Crippen LogP contribution in [0.4, 0.5) is 15.9 Å². The van der Waals surface area contributed by atoms with Crippen molar-refractivity contribution in [3.8, 4) is 11.6 Å². The molecule has 2 unspecified atom stereocenters. The third-order valence-electron chi connectivity index (χ3n) is 6.25. The van der Waals surface area contributed by atoms with Gasteiger partial charge < -0.3 is 14.4 Å². The second-order valence-corrected chi connectivity index (χ2v) is 9.20. The Morgan fingerprint density at radius 3 is 2.56 bits per heavy atom. The fourth-order valence-corrected chi connectivity index (χ4v) is 5.05. The highest BCUT2D eigenvalue weighted by Gasteiger charge is 2.28. The molecule has 2 atom stereocenters. The molecular formula is C22H24FN8O2S-. The Labute approximate surface area is 199 Å². The first-order valence-corrected chi connectivity index (χ1v) is 12.3. The lowest BCUT2D eigenvalue weighted by Gasteiger charge is -2.38. The highest BCUT2D eigenvalue weighted by molar-refractivity contribution is 7.79.